The van der Waals surface area contributed by atoms with Gasteiger partial charge in [-0.15, -0.1) is 0 Å². The molecular formula is C12H15BrN4O. The third-order valence-electron chi connectivity index (χ3n) is 3.17. The van der Waals surface area contributed by atoms with Gasteiger partial charge in [-0.25, -0.2) is 9.97 Å². The lowest BCUT2D eigenvalue weighted by atomic mass is 10.1. The van der Waals surface area contributed by atoms with Gasteiger partial charge in [0.1, 0.15) is 4.60 Å². The predicted molar refractivity (Wildman–Crippen MR) is 71.4 cm³/mol. The first-order chi connectivity index (χ1) is 8.83. The molecule has 18 heavy (non-hydrogen) atoms. The van der Waals surface area contributed by atoms with Gasteiger partial charge in [0, 0.05) is 25.4 Å². The van der Waals surface area contributed by atoms with Crippen molar-refractivity contribution in [2.75, 3.05) is 13.2 Å². The van der Waals surface area contributed by atoms with E-state index in [1.165, 1.54) is 6.42 Å². The summed E-state index contributed by atoms with van der Waals surface area (Å²) in [4.78, 5) is 8.50. The standard InChI is InChI=1S/C12H15BrN4O/c13-11-7-17-10(5-16-12(17)6-15-11)4-14-9-2-1-3-18-8-9/h5-7,9,14H,1-4,8H2. The van der Waals surface area contributed by atoms with Crippen LogP contribution in [0.1, 0.15) is 18.5 Å². The molecule has 1 N–H and O–H groups in total. The molecule has 5 nitrogen and oxygen atoms in total. The van der Waals surface area contributed by atoms with Crippen molar-refractivity contribution < 1.29 is 4.74 Å². The Balaban J connectivity index is 1.72. The summed E-state index contributed by atoms with van der Waals surface area (Å²) in [5.41, 5.74) is 2.01. The van der Waals surface area contributed by atoms with E-state index in [0.29, 0.717) is 6.04 Å². The lowest BCUT2D eigenvalue weighted by molar-refractivity contribution is 0.0698. The van der Waals surface area contributed by atoms with Crippen LogP contribution in [0, 0.1) is 0 Å². The molecule has 0 spiro atoms. The Morgan fingerprint density at radius 3 is 3.22 bits per heavy atom. The molecule has 2 aromatic rings. The second kappa shape index (κ2) is 5.34. The van der Waals surface area contributed by atoms with Crippen molar-refractivity contribution in [3.05, 3.63) is 28.9 Å². The second-order valence-corrected chi connectivity index (χ2v) is 5.30. The van der Waals surface area contributed by atoms with Crippen LogP contribution in [0.25, 0.3) is 5.65 Å². The Hall–Kier alpha value is -0.980. The van der Waals surface area contributed by atoms with Gasteiger partial charge in [0.25, 0.3) is 0 Å². The lowest BCUT2D eigenvalue weighted by Crippen LogP contribution is -2.36. The molecule has 0 saturated carbocycles. The van der Waals surface area contributed by atoms with Crippen molar-refractivity contribution in [1.82, 2.24) is 19.7 Å². The number of imidazole rings is 1. The number of rotatable bonds is 3. The number of ether oxygens (including phenoxy) is 1. The third kappa shape index (κ3) is 2.55. The van der Waals surface area contributed by atoms with Crippen molar-refractivity contribution in [2.45, 2.75) is 25.4 Å². The molecule has 0 aliphatic carbocycles. The van der Waals surface area contributed by atoms with Crippen LogP contribution < -0.4 is 5.32 Å². The molecule has 96 valence electrons. The highest BCUT2D eigenvalue weighted by Crippen LogP contribution is 2.12. The maximum atomic E-state index is 5.46. The Morgan fingerprint density at radius 1 is 1.44 bits per heavy atom. The summed E-state index contributed by atoms with van der Waals surface area (Å²) in [6, 6.07) is 0.453. The highest BCUT2D eigenvalue weighted by Gasteiger charge is 2.13. The third-order valence-corrected chi connectivity index (χ3v) is 3.58. The van der Waals surface area contributed by atoms with Gasteiger partial charge < -0.3 is 10.1 Å². The number of nitrogens with one attached hydrogen (secondary N) is 1. The Morgan fingerprint density at radius 2 is 2.39 bits per heavy atom. The van der Waals surface area contributed by atoms with Crippen molar-refractivity contribution in [1.29, 1.82) is 0 Å². The fourth-order valence-corrected chi connectivity index (χ4v) is 2.50. The van der Waals surface area contributed by atoms with E-state index in [9.17, 15) is 0 Å². The minimum atomic E-state index is 0.453. The summed E-state index contributed by atoms with van der Waals surface area (Å²) in [6.07, 6.45) is 7.91. The molecular weight excluding hydrogens is 296 g/mol. The van der Waals surface area contributed by atoms with Gasteiger partial charge in [-0.3, -0.25) is 4.40 Å². The van der Waals surface area contributed by atoms with Crippen molar-refractivity contribution in [3.8, 4) is 0 Å². The van der Waals surface area contributed by atoms with E-state index in [1.807, 2.05) is 16.8 Å². The van der Waals surface area contributed by atoms with Crippen LogP contribution in [0.3, 0.4) is 0 Å². The molecule has 0 amide bonds. The first-order valence-corrected chi connectivity index (χ1v) is 6.91. The highest BCUT2D eigenvalue weighted by atomic mass is 79.9. The number of nitrogens with zero attached hydrogens (tertiary/aromatic N) is 3. The van der Waals surface area contributed by atoms with Crippen LogP contribution in [-0.4, -0.2) is 33.6 Å². The monoisotopic (exact) mass is 310 g/mol. The zero-order valence-corrected chi connectivity index (χ0v) is 11.6. The van der Waals surface area contributed by atoms with E-state index in [1.54, 1.807) is 6.20 Å². The molecule has 1 saturated heterocycles. The zero-order valence-electron chi connectivity index (χ0n) is 9.97. The van der Waals surface area contributed by atoms with Gasteiger partial charge in [0.15, 0.2) is 5.65 Å². The predicted octanol–water partition coefficient (Wildman–Crippen LogP) is 1.76. The van der Waals surface area contributed by atoms with Gasteiger partial charge in [-0.1, -0.05) is 0 Å². The number of aromatic nitrogens is 3. The van der Waals surface area contributed by atoms with Crippen LogP contribution in [0.4, 0.5) is 0 Å². The summed E-state index contributed by atoms with van der Waals surface area (Å²) in [6.45, 7) is 2.50. The number of fused-ring (bicyclic) bond motifs is 1. The summed E-state index contributed by atoms with van der Waals surface area (Å²) < 4.78 is 8.32. The largest absolute Gasteiger partial charge is 0.380 e. The Labute approximate surface area is 114 Å². The van der Waals surface area contributed by atoms with E-state index in [0.717, 1.165) is 42.1 Å². The fourth-order valence-electron chi connectivity index (χ4n) is 2.20. The van der Waals surface area contributed by atoms with Gasteiger partial charge in [-0.05, 0) is 28.8 Å². The Bertz CT molecular complexity index is 536. The van der Waals surface area contributed by atoms with Crippen LogP contribution in [0.2, 0.25) is 0 Å². The van der Waals surface area contributed by atoms with Crippen LogP contribution in [0.15, 0.2) is 23.2 Å². The second-order valence-electron chi connectivity index (χ2n) is 4.48. The summed E-state index contributed by atoms with van der Waals surface area (Å²) in [5, 5.41) is 3.51. The average molecular weight is 311 g/mol. The van der Waals surface area contributed by atoms with E-state index in [2.05, 4.69) is 31.2 Å². The molecule has 3 heterocycles. The SMILES string of the molecule is Brc1cn2c(CNC3CCCOC3)cnc2cn1. The number of hydrogen-bond acceptors (Lipinski definition) is 4. The summed E-state index contributed by atoms with van der Waals surface area (Å²) in [5.74, 6) is 0. The van der Waals surface area contributed by atoms with Gasteiger partial charge in [0.2, 0.25) is 0 Å². The highest BCUT2D eigenvalue weighted by molar-refractivity contribution is 9.10. The first-order valence-electron chi connectivity index (χ1n) is 6.11. The normalized spacial score (nSPS) is 20.4. The maximum Gasteiger partial charge on any atom is 0.155 e. The van der Waals surface area contributed by atoms with Crippen LogP contribution in [-0.2, 0) is 11.3 Å². The minimum Gasteiger partial charge on any atom is -0.380 e. The summed E-state index contributed by atoms with van der Waals surface area (Å²) in [7, 11) is 0. The molecule has 0 aromatic carbocycles. The zero-order chi connectivity index (χ0) is 12.4. The fraction of sp³-hybridized carbons (Fsp3) is 0.500. The van der Waals surface area contributed by atoms with Gasteiger partial charge in [0.05, 0.1) is 24.7 Å². The van der Waals surface area contributed by atoms with Crippen LogP contribution >= 0.6 is 15.9 Å². The molecule has 6 heteroatoms. The van der Waals surface area contributed by atoms with E-state index >= 15 is 0 Å². The first kappa shape index (κ1) is 12.1. The minimum absolute atomic E-state index is 0.453. The quantitative estimate of drug-likeness (QED) is 0.938. The van der Waals surface area contributed by atoms with E-state index in [-0.39, 0.29) is 0 Å². The molecule has 1 aliphatic rings. The summed E-state index contributed by atoms with van der Waals surface area (Å²) >= 11 is 3.38. The Kier molecular flexibility index (Phi) is 3.58. The molecule has 1 atom stereocenters. The van der Waals surface area contributed by atoms with E-state index < -0.39 is 0 Å². The number of halogens is 1. The molecule has 2 aromatic heterocycles. The maximum absolute atomic E-state index is 5.46. The molecule has 1 aliphatic heterocycles. The van der Waals surface area contributed by atoms with E-state index in [4.69, 9.17) is 4.74 Å². The van der Waals surface area contributed by atoms with Gasteiger partial charge in [-0.2, -0.15) is 0 Å². The van der Waals surface area contributed by atoms with Gasteiger partial charge >= 0.3 is 0 Å². The topological polar surface area (TPSA) is 51.5 Å². The molecule has 1 unspecified atom stereocenters. The molecule has 3 rings (SSSR count). The lowest BCUT2D eigenvalue weighted by Gasteiger charge is -2.23. The van der Waals surface area contributed by atoms with Crippen molar-refractivity contribution >= 4 is 21.6 Å². The van der Waals surface area contributed by atoms with Crippen molar-refractivity contribution in [2.24, 2.45) is 0 Å². The number of hydrogen-bond donors (Lipinski definition) is 1. The average Bonchev–Trinajstić information content (AvgIpc) is 2.80. The van der Waals surface area contributed by atoms with Crippen molar-refractivity contribution in [3.63, 3.8) is 0 Å². The molecule has 0 bridgehead atoms. The van der Waals surface area contributed by atoms with Crippen LogP contribution in [0.5, 0.6) is 0 Å². The molecule has 1 fully saturated rings. The smallest absolute Gasteiger partial charge is 0.155 e. The molecule has 0 radical (unpaired) electrons.